The molecule has 0 fully saturated rings. The highest BCUT2D eigenvalue weighted by Gasteiger charge is 2.28. The van der Waals surface area contributed by atoms with Gasteiger partial charge in [0, 0.05) is 17.8 Å². The van der Waals surface area contributed by atoms with E-state index >= 15 is 0 Å². The Kier molecular flexibility index (Phi) is 4.65. The minimum absolute atomic E-state index is 0.0345. The van der Waals surface area contributed by atoms with Crippen LogP contribution in [0.2, 0.25) is 0 Å². The van der Waals surface area contributed by atoms with E-state index in [4.69, 9.17) is 9.47 Å². The summed E-state index contributed by atoms with van der Waals surface area (Å²) in [4.78, 5) is 14.9. The first-order valence-electron chi connectivity index (χ1n) is 6.21. The molecule has 1 heterocycles. The Morgan fingerprint density at radius 2 is 1.95 bits per heavy atom. The van der Waals surface area contributed by atoms with Crippen LogP contribution in [-0.2, 0) is 0 Å². The third kappa shape index (κ3) is 4.21. The Bertz CT molecular complexity index is 671. The van der Waals surface area contributed by atoms with Gasteiger partial charge >= 0.3 is 6.18 Å². The molecule has 0 atom stereocenters. The maximum Gasteiger partial charge on any atom is 0.422 e. The SMILES string of the molecule is COc1cc(-c2cc(C=O)cc(OCC(F)(F)F)c2)ccn1. The van der Waals surface area contributed by atoms with Gasteiger partial charge in [-0.05, 0) is 35.4 Å². The van der Waals surface area contributed by atoms with Gasteiger partial charge in [-0.15, -0.1) is 0 Å². The van der Waals surface area contributed by atoms with Crippen molar-refractivity contribution in [3.05, 3.63) is 42.1 Å². The quantitative estimate of drug-likeness (QED) is 0.793. The van der Waals surface area contributed by atoms with Crippen molar-refractivity contribution in [1.29, 1.82) is 0 Å². The van der Waals surface area contributed by atoms with E-state index in [0.717, 1.165) is 0 Å². The molecule has 0 aliphatic rings. The fraction of sp³-hybridized carbons (Fsp3) is 0.200. The number of methoxy groups -OCH3 is 1. The molecule has 0 amide bonds. The van der Waals surface area contributed by atoms with Gasteiger partial charge in [-0.25, -0.2) is 4.98 Å². The molecule has 0 spiro atoms. The molecule has 116 valence electrons. The predicted octanol–water partition coefficient (Wildman–Crippen LogP) is 3.51. The number of carbonyl (C=O) groups is 1. The number of hydrogen-bond acceptors (Lipinski definition) is 4. The molecule has 2 aromatic rings. The monoisotopic (exact) mass is 311 g/mol. The van der Waals surface area contributed by atoms with Gasteiger partial charge in [0.25, 0.3) is 0 Å². The Morgan fingerprint density at radius 1 is 1.18 bits per heavy atom. The highest BCUT2D eigenvalue weighted by Crippen LogP contribution is 2.28. The zero-order chi connectivity index (χ0) is 16.2. The van der Waals surface area contributed by atoms with Gasteiger partial charge in [-0.1, -0.05) is 0 Å². The van der Waals surface area contributed by atoms with Crippen LogP contribution in [0, 0.1) is 0 Å². The van der Waals surface area contributed by atoms with Crippen molar-refractivity contribution in [2.75, 3.05) is 13.7 Å². The lowest BCUT2D eigenvalue weighted by Crippen LogP contribution is -2.19. The number of hydrogen-bond donors (Lipinski definition) is 0. The van der Waals surface area contributed by atoms with Crippen molar-refractivity contribution in [3.63, 3.8) is 0 Å². The van der Waals surface area contributed by atoms with E-state index in [1.165, 1.54) is 25.4 Å². The van der Waals surface area contributed by atoms with Crippen LogP contribution in [0.3, 0.4) is 0 Å². The highest BCUT2D eigenvalue weighted by atomic mass is 19.4. The Balaban J connectivity index is 2.36. The zero-order valence-corrected chi connectivity index (χ0v) is 11.6. The zero-order valence-electron chi connectivity index (χ0n) is 11.6. The summed E-state index contributed by atoms with van der Waals surface area (Å²) in [5.41, 5.74) is 1.39. The van der Waals surface area contributed by atoms with Crippen LogP contribution in [0.1, 0.15) is 10.4 Å². The summed E-state index contributed by atoms with van der Waals surface area (Å²) in [5.74, 6) is 0.319. The molecular formula is C15H12F3NO3. The molecule has 0 saturated heterocycles. The maximum atomic E-state index is 12.2. The molecule has 1 aromatic heterocycles. The van der Waals surface area contributed by atoms with Crippen LogP contribution < -0.4 is 9.47 Å². The van der Waals surface area contributed by atoms with Crippen LogP contribution in [-0.4, -0.2) is 31.2 Å². The lowest BCUT2D eigenvalue weighted by atomic mass is 10.0. The summed E-state index contributed by atoms with van der Waals surface area (Å²) < 4.78 is 46.4. The number of carbonyl (C=O) groups excluding carboxylic acids is 1. The second kappa shape index (κ2) is 6.46. The number of halogens is 3. The number of pyridine rings is 1. The number of nitrogens with zero attached hydrogens (tertiary/aromatic N) is 1. The average Bonchev–Trinajstić information content (AvgIpc) is 2.52. The molecule has 1 aromatic carbocycles. The average molecular weight is 311 g/mol. The van der Waals surface area contributed by atoms with Crippen LogP contribution in [0.4, 0.5) is 13.2 Å². The fourth-order valence-electron chi connectivity index (χ4n) is 1.81. The van der Waals surface area contributed by atoms with Crippen molar-refractivity contribution >= 4 is 6.29 Å². The molecule has 0 aliphatic heterocycles. The third-order valence-electron chi connectivity index (χ3n) is 2.74. The predicted molar refractivity (Wildman–Crippen MR) is 73.2 cm³/mol. The highest BCUT2D eigenvalue weighted by molar-refractivity contribution is 5.80. The first-order valence-corrected chi connectivity index (χ1v) is 6.21. The standard InChI is InChI=1S/C15H12F3NO3/c1-21-14-7-11(2-3-19-14)12-4-10(8-20)5-13(6-12)22-9-15(16,17)18/h2-8H,9H2,1H3. The summed E-state index contributed by atoms with van der Waals surface area (Å²) in [5, 5.41) is 0. The Labute approximate surface area is 124 Å². The maximum absolute atomic E-state index is 12.2. The van der Waals surface area contributed by atoms with Gasteiger partial charge in [-0.3, -0.25) is 4.79 Å². The van der Waals surface area contributed by atoms with Gasteiger partial charge in [0.05, 0.1) is 7.11 Å². The molecule has 0 aliphatic carbocycles. The Morgan fingerprint density at radius 3 is 2.59 bits per heavy atom. The van der Waals surface area contributed by atoms with E-state index in [-0.39, 0.29) is 11.3 Å². The van der Waals surface area contributed by atoms with Crippen LogP contribution in [0.25, 0.3) is 11.1 Å². The van der Waals surface area contributed by atoms with E-state index in [2.05, 4.69) is 4.98 Å². The summed E-state index contributed by atoms with van der Waals surface area (Å²) >= 11 is 0. The number of aromatic nitrogens is 1. The number of aldehydes is 1. The molecule has 4 nitrogen and oxygen atoms in total. The van der Waals surface area contributed by atoms with Gasteiger partial charge in [-0.2, -0.15) is 13.2 Å². The minimum atomic E-state index is -4.45. The Hall–Kier alpha value is -2.57. The van der Waals surface area contributed by atoms with E-state index in [1.54, 1.807) is 18.2 Å². The van der Waals surface area contributed by atoms with Crippen molar-refractivity contribution in [1.82, 2.24) is 4.98 Å². The molecular weight excluding hydrogens is 299 g/mol. The summed E-state index contributed by atoms with van der Waals surface area (Å²) in [6.45, 7) is -1.42. The van der Waals surface area contributed by atoms with Gasteiger partial charge in [0.2, 0.25) is 5.88 Å². The number of alkyl halides is 3. The van der Waals surface area contributed by atoms with Crippen LogP contribution in [0.5, 0.6) is 11.6 Å². The van der Waals surface area contributed by atoms with Crippen molar-refractivity contribution < 1.29 is 27.4 Å². The fourth-order valence-corrected chi connectivity index (χ4v) is 1.81. The minimum Gasteiger partial charge on any atom is -0.484 e. The molecule has 0 bridgehead atoms. The largest absolute Gasteiger partial charge is 0.484 e. The second-order valence-electron chi connectivity index (χ2n) is 4.40. The lowest BCUT2D eigenvalue weighted by molar-refractivity contribution is -0.153. The summed E-state index contributed by atoms with van der Waals surface area (Å²) in [7, 11) is 1.45. The van der Waals surface area contributed by atoms with Gasteiger partial charge in [0.1, 0.15) is 12.0 Å². The molecule has 0 saturated carbocycles. The second-order valence-corrected chi connectivity index (χ2v) is 4.40. The van der Waals surface area contributed by atoms with Crippen molar-refractivity contribution in [2.45, 2.75) is 6.18 Å². The van der Waals surface area contributed by atoms with Crippen LogP contribution in [0.15, 0.2) is 36.5 Å². The third-order valence-corrected chi connectivity index (χ3v) is 2.74. The number of benzene rings is 1. The molecule has 7 heteroatoms. The van der Waals surface area contributed by atoms with Gasteiger partial charge < -0.3 is 9.47 Å². The first kappa shape index (κ1) is 15.8. The number of ether oxygens (including phenoxy) is 2. The molecule has 0 radical (unpaired) electrons. The number of rotatable bonds is 5. The first-order chi connectivity index (χ1) is 10.4. The van der Waals surface area contributed by atoms with E-state index in [0.29, 0.717) is 23.3 Å². The topological polar surface area (TPSA) is 48.4 Å². The molecule has 0 N–H and O–H groups in total. The summed E-state index contributed by atoms with van der Waals surface area (Å²) in [6, 6.07) is 7.48. The molecule has 22 heavy (non-hydrogen) atoms. The van der Waals surface area contributed by atoms with Crippen molar-refractivity contribution in [3.8, 4) is 22.8 Å². The van der Waals surface area contributed by atoms with Gasteiger partial charge in [0.15, 0.2) is 6.61 Å². The van der Waals surface area contributed by atoms with E-state index < -0.39 is 12.8 Å². The summed E-state index contributed by atoms with van der Waals surface area (Å²) in [6.07, 6.45) is -2.41. The van der Waals surface area contributed by atoms with E-state index in [9.17, 15) is 18.0 Å². The lowest BCUT2D eigenvalue weighted by Gasteiger charge is -2.11. The van der Waals surface area contributed by atoms with E-state index in [1.807, 2.05) is 0 Å². The van der Waals surface area contributed by atoms with Crippen molar-refractivity contribution in [2.24, 2.45) is 0 Å². The molecule has 2 rings (SSSR count). The molecule has 0 unspecified atom stereocenters. The normalized spacial score (nSPS) is 11.1. The smallest absolute Gasteiger partial charge is 0.422 e. The van der Waals surface area contributed by atoms with Crippen LogP contribution >= 0.6 is 0 Å².